The van der Waals surface area contributed by atoms with Crippen molar-refractivity contribution in [2.24, 2.45) is 32.0 Å². The van der Waals surface area contributed by atoms with E-state index >= 15 is 0 Å². The number of rotatable bonds is 0. The van der Waals surface area contributed by atoms with E-state index in [1.54, 1.807) is 0 Å². The Labute approximate surface area is 129 Å². The van der Waals surface area contributed by atoms with Crippen molar-refractivity contribution in [3.63, 3.8) is 0 Å². The Hall–Kier alpha value is -3.21. The van der Waals surface area contributed by atoms with Crippen molar-refractivity contribution in [2.45, 2.75) is 0 Å². The van der Waals surface area contributed by atoms with Crippen LogP contribution in [0.15, 0.2) is 32.0 Å². The summed E-state index contributed by atoms with van der Waals surface area (Å²) in [4.78, 5) is 48.0. The van der Waals surface area contributed by atoms with Gasteiger partial charge in [-0.2, -0.15) is 0 Å². The molecular formula is H12CoN9O12. The van der Waals surface area contributed by atoms with Crippen molar-refractivity contribution in [3.8, 4) is 0 Å². The van der Waals surface area contributed by atoms with Gasteiger partial charge in [0.25, 0.3) is 0 Å². The summed E-state index contributed by atoms with van der Waals surface area (Å²) >= 11 is 0. The molecule has 21 nitrogen and oxygen atoms in total. The minimum absolute atomic E-state index is 0. The molecule has 0 saturated heterocycles. The SMILES string of the molecule is O=N[O-].O=N[O-].O=N[O-].O=N[O-].O=N[O-].O=N[O-].[Co+3].[NH4+].[NH4+].[NH4+]. The molecule has 0 amide bonds. The van der Waals surface area contributed by atoms with E-state index in [9.17, 15) is 0 Å². The smallest absolute Gasteiger partial charge is 0.444 e. The fourth-order valence-corrected chi connectivity index (χ4v) is 0. The fraction of sp³-hybridized carbons (Fsp3) is 0. The average Bonchev–Trinajstić information content (AvgIpc) is 2.23. The molecule has 0 rings (SSSR count). The van der Waals surface area contributed by atoms with Crippen LogP contribution in [0.2, 0.25) is 0 Å². The van der Waals surface area contributed by atoms with E-state index in [4.69, 9.17) is 60.7 Å². The molecule has 0 fully saturated rings. The fourth-order valence-electron chi connectivity index (χ4n) is 0. The largest absolute Gasteiger partial charge is 3.00 e. The summed E-state index contributed by atoms with van der Waals surface area (Å²) < 4.78 is 0. The first-order valence-corrected chi connectivity index (χ1v) is 2.19. The molecule has 0 saturated carbocycles. The van der Waals surface area contributed by atoms with Crippen molar-refractivity contribution in [2.75, 3.05) is 0 Å². The van der Waals surface area contributed by atoms with Crippen LogP contribution in [0.4, 0.5) is 0 Å². The van der Waals surface area contributed by atoms with Crippen LogP contribution in [-0.4, -0.2) is 0 Å². The second kappa shape index (κ2) is 645. The van der Waals surface area contributed by atoms with Crippen LogP contribution >= 0.6 is 0 Å². The van der Waals surface area contributed by atoms with Crippen LogP contribution in [-0.2, 0) is 16.8 Å². The monoisotopic (exact) mass is 389 g/mol. The van der Waals surface area contributed by atoms with Crippen molar-refractivity contribution in [1.82, 2.24) is 18.5 Å². The maximum absolute atomic E-state index is 8.00. The summed E-state index contributed by atoms with van der Waals surface area (Å²) in [6.07, 6.45) is 0. The molecule has 0 aliphatic heterocycles. The Morgan fingerprint density at radius 3 is 0.364 bits per heavy atom. The summed E-state index contributed by atoms with van der Waals surface area (Å²) in [7, 11) is 0. The van der Waals surface area contributed by atoms with Gasteiger partial charge in [0, 0.05) is 0 Å². The number of quaternary nitrogens is 3. The molecular weight excluding hydrogens is 377 g/mol. The third-order valence-electron chi connectivity index (χ3n) is 0. The second-order valence-electron chi connectivity index (χ2n) is 0.447. The number of hydrogen-bond donors (Lipinski definition) is 3. The van der Waals surface area contributed by atoms with E-state index in [0.29, 0.717) is 0 Å². The Morgan fingerprint density at radius 2 is 0.364 bits per heavy atom. The van der Waals surface area contributed by atoms with Gasteiger partial charge in [0.05, 0.1) is 0 Å². The molecule has 138 valence electrons. The van der Waals surface area contributed by atoms with E-state index in [1.165, 1.54) is 0 Å². The maximum Gasteiger partial charge on any atom is 3.00 e. The molecule has 0 aromatic heterocycles. The van der Waals surface area contributed by atoms with Crippen LogP contribution in [0, 0.1) is 60.7 Å². The third kappa shape index (κ3) is 405. The van der Waals surface area contributed by atoms with E-state index in [0.717, 1.165) is 32.0 Å². The molecule has 0 aromatic carbocycles. The first kappa shape index (κ1) is 77.0. The molecule has 0 radical (unpaired) electrons. The second-order valence-corrected chi connectivity index (χ2v) is 0.447. The van der Waals surface area contributed by atoms with E-state index < -0.39 is 0 Å². The standard InChI is InChI=1S/Co.6HNO2.3H3N/c;6*2-1-3;;;/h;6*(H,2,3);3*1H3/q+3;;;;;;;;;/p-3. The van der Waals surface area contributed by atoms with E-state index in [2.05, 4.69) is 0 Å². The molecule has 0 atom stereocenters. The van der Waals surface area contributed by atoms with Crippen molar-refractivity contribution >= 4 is 0 Å². The first-order valence-electron chi connectivity index (χ1n) is 2.19. The summed E-state index contributed by atoms with van der Waals surface area (Å²) in [5.41, 5.74) is 0. The van der Waals surface area contributed by atoms with Gasteiger partial charge >= 0.3 is 16.8 Å². The van der Waals surface area contributed by atoms with E-state index in [-0.39, 0.29) is 35.2 Å². The van der Waals surface area contributed by atoms with Gasteiger partial charge in [-0.05, 0) is 0 Å². The molecule has 12 N–H and O–H groups in total. The minimum atomic E-state index is 0. The summed E-state index contributed by atoms with van der Waals surface area (Å²) in [6, 6.07) is 0. The zero-order valence-electron chi connectivity index (χ0n) is 10.9. The first-order chi connectivity index (χ1) is 8.49. The zero-order valence-corrected chi connectivity index (χ0v) is 12.0. The molecule has 0 spiro atoms. The van der Waals surface area contributed by atoms with Crippen LogP contribution in [0.3, 0.4) is 0 Å². The van der Waals surface area contributed by atoms with Gasteiger partial charge in [-0.1, -0.05) is 0 Å². The summed E-state index contributed by atoms with van der Waals surface area (Å²) in [5.74, 6) is 0. The quantitative estimate of drug-likeness (QED) is 0.397. The third-order valence-corrected chi connectivity index (χ3v) is 0. The molecule has 0 aliphatic rings. The normalized spacial score (nSPS) is 3.27. The molecule has 22 heteroatoms. The van der Waals surface area contributed by atoms with Gasteiger partial charge in [0.1, 0.15) is 0 Å². The molecule has 0 aliphatic carbocycles. The molecule has 22 heavy (non-hydrogen) atoms. The van der Waals surface area contributed by atoms with E-state index in [1.807, 2.05) is 0 Å². The van der Waals surface area contributed by atoms with Gasteiger partial charge in [-0.15, -0.1) is 32.0 Å². The molecule has 0 unspecified atom stereocenters. The van der Waals surface area contributed by atoms with Crippen molar-refractivity contribution in [1.29, 1.82) is 0 Å². The Balaban J connectivity index is -0.00000000947. The minimum Gasteiger partial charge on any atom is -0.444 e. The van der Waals surface area contributed by atoms with Gasteiger partial charge in [-0.3, -0.25) is 0 Å². The van der Waals surface area contributed by atoms with Gasteiger partial charge in [-0.25, -0.2) is 0 Å². The van der Waals surface area contributed by atoms with Gasteiger partial charge in [0.15, 0.2) is 0 Å². The Bertz CT molecular complexity index is 118. The van der Waals surface area contributed by atoms with Crippen LogP contribution in [0.25, 0.3) is 0 Å². The summed E-state index contributed by atoms with van der Waals surface area (Å²) in [5, 5.41) is 54.0. The topological polar surface area (TPSA) is 424 Å². The number of nitrogens with zero attached hydrogens (tertiary/aromatic N) is 6. The van der Waals surface area contributed by atoms with Crippen LogP contribution in [0.1, 0.15) is 0 Å². The van der Waals surface area contributed by atoms with Crippen LogP contribution < -0.4 is 18.5 Å². The summed E-state index contributed by atoms with van der Waals surface area (Å²) in [6.45, 7) is 0. The Kier molecular flexibility index (Phi) is 2260. The van der Waals surface area contributed by atoms with Crippen molar-refractivity contribution < 1.29 is 16.8 Å². The number of hydrogen-bond acceptors (Lipinski definition) is 18. The molecule has 0 heterocycles. The molecule has 0 aromatic rings. The maximum atomic E-state index is 8.00. The Morgan fingerprint density at radius 1 is 0.364 bits per heavy atom. The predicted octanol–water partition coefficient (Wildman–Crippen LogP) is 2.63. The van der Waals surface area contributed by atoms with Gasteiger partial charge in [0.2, 0.25) is 0 Å². The average molecular weight is 389 g/mol. The van der Waals surface area contributed by atoms with Crippen LogP contribution in [0.5, 0.6) is 0 Å². The predicted molar refractivity (Wildman–Crippen MR) is 72.9 cm³/mol. The molecule has 0 bridgehead atoms. The zero-order chi connectivity index (χ0) is 16.2. The van der Waals surface area contributed by atoms with Crippen molar-refractivity contribution in [3.05, 3.63) is 60.7 Å². The van der Waals surface area contributed by atoms with Gasteiger partial charge < -0.3 is 79.1 Å².